The summed E-state index contributed by atoms with van der Waals surface area (Å²) in [5, 5.41) is 0.812. The lowest BCUT2D eigenvalue weighted by molar-refractivity contribution is -0.597. The van der Waals surface area contributed by atoms with Crippen LogP contribution in [-0.2, 0) is 0 Å². The quantitative estimate of drug-likeness (QED) is 0.714. The van der Waals surface area contributed by atoms with E-state index in [0.29, 0.717) is 0 Å². The van der Waals surface area contributed by atoms with Crippen molar-refractivity contribution in [3.05, 3.63) is 66.3 Å². The Balaban J connectivity index is 2.15. The predicted molar refractivity (Wildman–Crippen MR) is 60.0 cm³/mol. The van der Waals surface area contributed by atoms with Crippen LogP contribution in [0.25, 0.3) is 0 Å². The summed E-state index contributed by atoms with van der Waals surface area (Å²) in [4.78, 5) is 0. The highest BCUT2D eigenvalue weighted by Crippen LogP contribution is 2.04. The van der Waals surface area contributed by atoms with Gasteiger partial charge in [-0.2, -0.15) is 0 Å². The van der Waals surface area contributed by atoms with E-state index in [1.54, 1.807) is 0 Å². The fourth-order valence-electron chi connectivity index (χ4n) is 1.21. The van der Waals surface area contributed by atoms with Crippen molar-refractivity contribution in [2.75, 3.05) is 0 Å². The Labute approximate surface area is 106 Å². The molecule has 0 saturated carbocycles. The molecule has 0 atom stereocenters. The van der Waals surface area contributed by atoms with Gasteiger partial charge < -0.3 is 0 Å². The van der Waals surface area contributed by atoms with Crippen LogP contribution in [0.5, 0.6) is 0 Å². The summed E-state index contributed by atoms with van der Waals surface area (Å²) in [5.74, 6) is 0. The highest BCUT2D eigenvalue weighted by Gasteiger charge is 2.14. The number of benzene rings is 2. The van der Waals surface area contributed by atoms with Gasteiger partial charge in [-0.3, -0.25) is 0 Å². The molecular formula is C13H11ClI+. The van der Waals surface area contributed by atoms with E-state index in [0.717, 1.165) is 5.02 Å². The second-order valence-corrected chi connectivity index (χ2v) is 6.79. The minimum absolute atomic E-state index is 0.0555. The molecule has 2 rings (SSSR count). The second kappa shape index (κ2) is 4.99. The predicted octanol–water partition coefficient (Wildman–Crippen LogP) is 0.777. The van der Waals surface area contributed by atoms with Crippen LogP contribution < -0.4 is 21.2 Å². The number of halogens is 2. The number of rotatable bonds is 2. The van der Waals surface area contributed by atoms with Crippen molar-refractivity contribution in [3.63, 3.8) is 0 Å². The molecular weight excluding hydrogens is 319 g/mol. The molecule has 0 unspecified atom stereocenters. The Bertz CT molecular complexity index is 388. The molecule has 0 aliphatic heterocycles. The van der Waals surface area contributed by atoms with Crippen LogP contribution >= 0.6 is 11.6 Å². The van der Waals surface area contributed by atoms with Crippen LogP contribution in [-0.4, -0.2) is 0 Å². The van der Waals surface area contributed by atoms with Gasteiger partial charge >= 0.3 is 21.2 Å². The van der Waals surface area contributed by atoms with E-state index in [-0.39, 0.29) is 21.2 Å². The Morgan fingerprint density at radius 3 is 1.80 bits per heavy atom. The lowest BCUT2D eigenvalue weighted by atomic mass is 10.2. The van der Waals surface area contributed by atoms with Gasteiger partial charge in [0.2, 0.25) is 0 Å². The molecule has 0 aromatic heterocycles. The number of hydrogen-bond donors (Lipinski definition) is 0. The number of aryl methyl sites for hydroxylation is 1. The van der Waals surface area contributed by atoms with Crippen molar-refractivity contribution in [2.24, 2.45) is 0 Å². The van der Waals surface area contributed by atoms with E-state index in [1.165, 1.54) is 12.7 Å². The molecule has 0 amide bonds. The van der Waals surface area contributed by atoms with Gasteiger partial charge in [-0.05, 0) is 43.3 Å². The van der Waals surface area contributed by atoms with E-state index in [2.05, 4.69) is 43.3 Å². The molecule has 0 nitrogen and oxygen atoms in total. The van der Waals surface area contributed by atoms with Gasteiger partial charge in [-0.25, -0.2) is 0 Å². The topological polar surface area (TPSA) is 0 Å². The molecule has 0 aliphatic carbocycles. The van der Waals surface area contributed by atoms with E-state index >= 15 is 0 Å². The summed E-state index contributed by atoms with van der Waals surface area (Å²) < 4.78 is 2.85. The second-order valence-electron chi connectivity index (χ2n) is 3.33. The lowest BCUT2D eigenvalue weighted by Gasteiger charge is -1.90. The lowest BCUT2D eigenvalue weighted by Crippen LogP contribution is -3.61. The Morgan fingerprint density at radius 1 is 0.800 bits per heavy atom. The molecule has 0 bridgehead atoms. The first-order valence-electron chi connectivity index (χ1n) is 4.71. The van der Waals surface area contributed by atoms with Crippen molar-refractivity contribution >= 4 is 11.6 Å². The zero-order valence-electron chi connectivity index (χ0n) is 8.37. The van der Waals surface area contributed by atoms with Crippen molar-refractivity contribution in [2.45, 2.75) is 6.92 Å². The molecule has 2 aromatic carbocycles. The normalized spacial score (nSPS) is 10.3. The van der Waals surface area contributed by atoms with Crippen LogP contribution in [0.4, 0.5) is 0 Å². The van der Waals surface area contributed by atoms with Gasteiger partial charge in [0.05, 0.1) is 0 Å². The molecule has 76 valence electrons. The Morgan fingerprint density at radius 2 is 1.27 bits per heavy atom. The van der Waals surface area contributed by atoms with Crippen molar-refractivity contribution < 1.29 is 21.2 Å². The van der Waals surface area contributed by atoms with Crippen LogP contribution in [0, 0.1) is 14.1 Å². The van der Waals surface area contributed by atoms with Crippen LogP contribution in [0.1, 0.15) is 5.56 Å². The minimum Gasteiger partial charge on any atom is -0.0843 e. The molecule has 2 aromatic rings. The van der Waals surface area contributed by atoms with Crippen molar-refractivity contribution in [1.82, 2.24) is 0 Å². The molecule has 0 radical (unpaired) electrons. The third-order valence-corrected chi connectivity index (χ3v) is 4.97. The maximum absolute atomic E-state index is 5.85. The van der Waals surface area contributed by atoms with E-state index in [1.807, 2.05) is 12.1 Å². The van der Waals surface area contributed by atoms with Gasteiger partial charge in [0.15, 0.2) is 7.14 Å². The summed E-state index contributed by atoms with van der Waals surface area (Å²) in [6, 6.07) is 16.9. The van der Waals surface area contributed by atoms with E-state index < -0.39 is 0 Å². The Hall–Kier alpha value is -0.540. The van der Waals surface area contributed by atoms with Gasteiger partial charge in [0, 0.05) is 5.02 Å². The fourth-order valence-corrected chi connectivity index (χ4v) is 3.50. The van der Waals surface area contributed by atoms with Crippen LogP contribution in [0.3, 0.4) is 0 Å². The first-order valence-corrected chi connectivity index (χ1v) is 7.25. The molecule has 15 heavy (non-hydrogen) atoms. The van der Waals surface area contributed by atoms with Gasteiger partial charge in [-0.15, -0.1) is 0 Å². The highest BCUT2D eigenvalue weighted by molar-refractivity contribution is 6.30. The van der Waals surface area contributed by atoms with Crippen LogP contribution in [0.15, 0.2) is 48.5 Å². The van der Waals surface area contributed by atoms with Gasteiger partial charge in [-0.1, -0.05) is 29.3 Å². The summed E-state index contributed by atoms with van der Waals surface area (Å²) >= 11 is 5.79. The van der Waals surface area contributed by atoms with Gasteiger partial charge in [0.1, 0.15) is 0 Å². The average Bonchev–Trinajstić information content (AvgIpc) is 2.25. The molecule has 0 aliphatic rings. The smallest absolute Gasteiger partial charge is 0.0843 e. The van der Waals surface area contributed by atoms with E-state index in [4.69, 9.17) is 11.6 Å². The average molecular weight is 330 g/mol. The molecule has 0 N–H and O–H groups in total. The molecule has 0 heterocycles. The third-order valence-electron chi connectivity index (χ3n) is 2.03. The van der Waals surface area contributed by atoms with Crippen molar-refractivity contribution in [1.29, 1.82) is 0 Å². The fraction of sp³-hybridized carbons (Fsp3) is 0.0769. The molecule has 0 saturated heterocycles. The SMILES string of the molecule is Cc1ccc([I+]c2ccc(Cl)cc2)cc1. The summed E-state index contributed by atoms with van der Waals surface area (Å²) in [6.07, 6.45) is 0. The van der Waals surface area contributed by atoms with Crippen LogP contribution in [0.2, 0.25) is 5.02 Å². The first kappa shape index (κ1) is 11.0. The number of hydrogen-bond acceptors (Lipinski definition) is 0. The summed E-state index contributed by atoms with van der Waals surface area (Å²) in [7, 11) is 0. The largest absolute Gasteiger partial charge is 0.357 e. The zero-order valence-corrected chi connectivity index (χ0v) is 11.3. The minimum atomic E-state index is -0.0555. The van der Waals surface area contributed by atoms with Crippen molar-refractivity contribution in [3.8, 4) is 0 Å². The molecule has 2 heteroatoms. The maximum atomic E-state index is 5.85. The zero-order chi connectivity index (χ0) is 10.7. The Kier molecular flexibility index (Phi) is 3.65. The van der Waals surface area contributed by atoms with E-state index in [9.17, 15) is 0 Å². The monoisotopic (exact) mass is 329 g/mol. The third kappa shape index (κ3) is 3.21. The standard InChI is InChI=1S/C13H11ClI/c1-10-2-6-12(7-3-10)15-13-8-4-11(14)5-9-13/h2-9H,1H3/q+1. The summed E-state index contributed by atoms with van der Waals surface area (Å²) in [5.41, 5.74) is 1.32. The summed E-state index contributed by atoms with van der Waals surface area (Å²) in [6.45, 7) is 2.12. The maximum Gasteiger partial charge on any atom is 0.357 e. The molecule has 0 fully saturated rings. The molecule has 0 spiro atoms. The van der Waals surface area contributed by atoms with Gasteiger partial charge in [0.25, 0.3) is 0 Å². The highest BCUT2D eigenvalue weighted by atomic mass is 127. The first-order chi connectivity index (χ1) is 7.24.